The van der Waals surface area contributed by atoms with Crippen LogP contribution in [0.4, 0.5) is 0 Å². The highest BCUT2D eigenvalue weighted by molar-refractivity contribution is 5.89. The average molecular weight is 282 g/mol. The summed E-state index contributed by atoms with van der Waals surface area (Å²) in [5.74, 6) is 0.129. The first-order chi connectivity index (χ1) is 10.1. The van der Waals surface area contributed by atoms with Gasteiger partial charge >= 0.3 is 0 Å². The lowest BCUT2D eigenvalue weighted by Gasteiger charge is -2.24. The van der Waals surface area contributed by atoms with Gasteiger partial charge in [-0.05, 0) is 37.3 Å². The standard InChI is InChI=1S/C18H22N2O/c1-13-7-9-15(10-8-13)19-18(21)11-14-12-20(2)17-6-4-3-5-16(14)17/h3-6,12,15H,1,7-11H2,2H3,(H,19,21). The van der Waals surface area contributed by atoms with E-state index in [1.165, 1.54) is 16.5 Å². The number of fused-ring (bicyclic) bond motifs is 1. The molecule has 1 heterocycles. The number of carbonyl (C=O) groups is 1. The monoisotopic (exact) mass is 282 g/mol. The maximum absolute atomic E-state index is 12.3. The molecule has 3 heteroatoms. The van der Waals surface area contributed by atoms with Crippen molar-refractivity contribution in [2.45, 2.75) is 38.1 Å². The molecule has 0 bridgehead atoms. The van der Waals surface area contributed by atoms with Crippen molar-refractivity contribution in [3.63, 3.8) is 0 Å². The van der Waals surface area contributed by atoms with Crippen molar-refractivity contribution in [3.05, 3.63) is 48.2 Å². The van der Waals surface area contributed by atoms with Crippen molar-refractivity contribution in [2.24, 2.45) is 7.05 Å². The molecule has 1 aromatic heterocycles. The minimum Gasteiger partial charge on any atom is -0.353 e. The fourth-order valence-corrected chi connectivity index (χ4v) is 3.19. The van der Waals surface area contributed by atoms with Crippen LogP contribution in [0.15, 0.2) is 42.6 Å². The highest BCUT2D eigenvalue weighted by Gasteiger charge is 2.18. The Morgan fingerprint density at radius 3 is 2.81 bits per heavy atom. The minimum absolute atomic E-state index is 0.129. The van der Waals surface area contributed by atoms with Gasteiger partial charge in [-0.15, -0.1) is 0 Å². The second kappa shape index (κ2) is 5.76. The Bertz CT molecular complexity index is 674. The van der Waals surface area contributed by atoms with Crippen LogP contribution in [0.2, 0.25) is 0 Å². The van der Waals surface area contributed by atoms with Crippen molar-refractivity contribution in [2.75, 3.05) is 0 Å². The zero-order valence-electron chi connectivity index (χ0n) is 12.6. The highest BCUT2D eigenvalue weighted by atomic mass is 16.1. The van der Waals surface area contributed by atoms with Gasteiger partial charge in [0.25, 0.3) is 0 Å². The summed E-state index contributed by atoms with van der Waals surface area (Å²) in [5, 5.41) is 4.35. The molecule has 1 aliphatic carbocycles. The second-order valence-corrected chi connectivity index (χ2v) is 6.05. The Kier molecular flexibility index (Phi) is 3.82. The van der Waals surface area contributed by atoms with Crippen LogP contribution in [-0.2, 0) is 18.3 Å². The lowest BCUT2D eigenvalue weighted by molar-refractivity contribution is -0.121. The summed E-state index contributed by atoms with van der Waals surface area (Å²) < 4.78 is 2.09. The summed E-state index contributed by atoms with van der Waals surface area (Å²) >= 11 is 0. The molecule has 1 fully saturated rings. The third-order valence-electron chi connectivity index (χ3n) is 4.39. The summed E-state index contributed by atoms with van der Waals surface area (Å²) in [6.07, 6.45) is 6.66. The van der Waals surface area contributed by atoms with E-state index in [2.05, 4.69) is 34.8 Å². The summed E-state index contributed by atoms with van der Waals surface area (Å²) in [6, 6.07) is 8.54. The molecule has 1 aliphatic rings. The number of hydrogen-bond donors (Lipinski definition) is 1. The lowest BCUT2D eigenvalue weighted by atomic mass is 9.92. The number of amides is 1. The average Bonchev–Trinajstić information content (AvgIpc) is 2.78. The highest BCUT2D eigenvalue weighted by Crippen LogP contribution is 2.23. The van der Waals surface area contributed by atoms with Gasteiger partial charge in [-0.25, -0.2) is 0 Å². The minimum atomic E-state index is 0.129. The Morgan fingerprint density at radius 2 is 2.05 bits per heavy atom. The molecule has 3 rings (SSSR count). The first-order valence-corrected chi connectivity index (χ1v) is 7.62. The van der Waals surface area contributed by atoms with Crippen LogP contribution < -0.4 is 5.32 Å². The summed E-state index contributed by atoms with van der Waals surface area (Å²) in [4.78, 5) is 12.3. The van der Waals surface area contributed by atoms with Gasteiger partial charge in [0.15, 0.2) is 0 Å². The van der Waals surface area contributed by atoms with Gasteiger partial charge in [-0.1, -0.05) is 30.4 Å². The first kappa shape index (κ1) is 13.9. The predicted molar refractivity (Wildman–Crippen MR) is 86.2 cm³/mol. The number of nitrogens with zero attached hydrogens (tertiary/aromatic N) is 1. The number of aromatic nitrogens is 1. The SMILES string of the molecule is C=C1CCC(NC(=O)Cc2cn(C)c3ccccc23)CC1. The molecule has 0 spiro atoms. The Labute approximate surface area is 125 Å². The number of benzene rings is 1. The molecule has 1 amide bonds. The van der Waals surface area contributed by atoms with Gasteiger partial charge in [0.1, 0.15) is 0 Å². The van der Waals surface area contributed by atoms with Gasteiger partial charge < -0.3 is 9.88 Å². The molecule has 0 unspecified atom stereocenters. The summed E-state index contributed by atoms with van der Waals surface area (Å²) in [5.41, 5.74) is 3.59. The van der Waals surface area contributed by atoms with E-state index in [0.29, 0.717) is 12.5 Å². The normalized spacial score (nSPS) is 16.3. The fourth-order valence-electron chi connectivity index (χ4n) is 3.19. The first-order valence-electron chi connectivity index (χ1n) is 7.62. The number of hydrogen-bond acceptors (Lipinski definition) is 1. The quantitative estimate of drug-likeness (QED) is 0.861. The number of allylic oxidation sites excluding steroid dienone is 1. The van der Waals surface area contributed by atoms with Gasteiger partial charge in [0, 0.05) is 30.2 Å². The smallest absolute Gasteiger partial charge is 0.224 e. The number of nitrogens with one attached hydrogen (secondary N) is 1. The Hall–Kier alpha value is -2.03. The molecule has 110 valence electrons. The molecule has 0 radical (unpaired) electrons. The van der Waals surface area contributed by atoms with E-state index in [9.17, 15) is 4.79 Å². The van der Waals surface area contributed by atoms with Crippen LogP contribution >= 0.6 is 0 Å². The zero-order chi connectivity index (χ0) is 14.8. The number of rotatable bonds is 3. The molecular formula is C18H22N2O. The van der Waals surface area contributed by atoms with E-state index in [-0.39, 0.29) is 5.91 Å². The molecule has 0 aliphatic heterocycles. The van der Waals surface area contributed by atoms with E-state index in [0.717, 1.165) is 31.2 Å². The van der Waals surface area contributed by atoms with Crippen molar-refractivity contribution in [1.29, 1.82) is 0 Å². The van der Waals surface area contributed by atoms with Crippen LogP contribution in [-0.4, -0.2) is 16.5 Å². The second-order valence-electron chi connectivity index (χ2n) is 6.05. The summed E-state index contributed by atoms with van der Waals surface area (Å²) in [7, 11) is 2.02. The fraction of sp³-hybridized carbons (Fsp3) is 0.389. The third-order valence-corrected chi connectivity index (χ3v) is 4.39. The molecule has 0 saturated heterocycles. The van der Waals surface area contributed by atoms with Crippen LogP contribution in [0, 0.1) is 0 Å². The topological polar surface area (TPSA) is 34.0 Å². The van der Waals surface area contributed by atoms with Crippen molar-refractivity contribution >= 4 is 16.8 Å². The van der Waals surface area contributed by atoms with Crippen LogP contribution in [0.3, 0.4) is 0 Å². The molecule has 1 saturated carbocycles. The van der Waals surface area contributed by atoms with Gasteiger partial charge in [0.05, 0.1) is 6.42 Å². The van der Waals surface area contributed by atoms with Crippen molar-refractivity contribution < 1.29 is 4.79 Å². The van der Waals surface area contributed by atoms with E-state index in [4.69, 9.17) is 0 Å². The van der Waals surface area contributed by atoms with Gasteiger partial charge in [-0.3, -0.25) is 4.79 Å². The number of carbonyl (C=O) groups excluding carboxylic acids is 1. The lowest BCUT2D eigenvalue weighted by Crippen LogP contribution is -2.37. The summed E-state index contributed by atoms with van der Waals surface area (Å²) in [6.45, 7) is 4.02. The van der Waals surface area contributed by atoms with Gasteiger partial charge in [-0.2, -0.15) is 0 Å². The molecule has 21 heavy (non-hydrogen) atoms. The van der Waals surface area contributed by atoms with E-state index in [1.54, 1.807) is 0 Å². The van der Waals surface area contributed by atoms with Crippen LogP contribution in [0.25, 0.3) is 10.9 Å². The zero-order valence-corrected chi connectivity index (χ0v) is 12.6. The van der Waals surface area contributed by atoms with Crippen LogP contribution in [0.1, 0.15) is 31.2 Å². The molecule has 3 nitrogen and oxygen atoms in total. The van der Waals surface area contributed by atoms with E-state index < -0.39 is 0 Å². The predicted octanol–water partition coefficient (Wildman–Crippen LogP) is 3.34. The van der Waals surface area contributed by atoms with Crippen molar-refractivity contribution in [1.82, 2.24) is 9.88 Å². The van der Waals surface area contributed by atoms with E-state index >= 15 is 0 Å². The number of aryl methyl sites for hydroxylation is 1. The third kappa shape index (κ3) is 3.02. The largest absolute Gasteiger partial charge is 0.353 e. The van der Waals surface area contributed by atoms with Gasteiger partial charge in [0.2, 0.25) is 5.91 Å². The maximum Gasteiger partial charge on any atom is 0.224 e. The Morgan fingerprint density at radius 1 is 1.33 bits per heavy atom. The molecule has 1 aromatic carbocycles. The maximum atomic E-state index is 12.3. The van der Waals surface area contributed by atoms with E-state index in [1.807, 2.05) is 19.2 Å². The van der Waals surface area contributed by atoms with Crippen LogP contribution in [0.5, 0.6) is 0 Å². The number of para-hydroxylation sites is 1. The molecule has 0 atom stereocenters. The molecule has 1 N–H and O–H groups in total. The molecular weight excluding hydrogens is 260 g/mol. The molecule has 2 aromatic rings. The van der Waals surface area contributed by atoms with Crippen molar-refractivity contribution in [3.8, 4) is 0 Å². The Balaban J connectivity index is 1.68.